The van der Waals surface area contributed by atoms with Crippen LogP contribution in [-0.2, 0) is 7.26 Å². The Morgan fingerprint density at radius 3 is 1.62 bits per heavy atom. The second-order valence-corrected chi connectivity index (χ2v) is 3.27. The van der Waals surface area contributed by atoms with Crippen LogP contribution in [0.4, 0.5) is 0 Å². The Morgan fingerprint density at radius 2 is 1.38 bits per heavy atom. The van der Waals surface area contributed by atoms with Gasteiger partial charge < -0.3 is 0 Å². The predicted molar refractivity (Wildman–Crippen MR) is 45.1 cm³/mol. The maximum absolute atomic E-state index is 4.41. The van der Waals surface area contributed by atoms with E-state index in [4.69, 9.17) is 0 Å². The first-order valence-electron chi connectivity index (χ1n) is 1.78. The lowest BCUT2D eigenvalue weighted by molar-refractivity contribution is 0.766. The molecule has 0 aliphatic carbocycles. The summed E-state index contributed by atoms with van der Waals surface area (Å²) in [5.74, 6) is 1.71. The van der Waals surface area contributed by atoms with Gasteiger partial charge in [-0.3, -0.25) is 7.26 Å². The Bertz CT molecular complexity index is 37.0. The van der Waals surface area contributed by atoms with Crippen LogP contribution < -0.4 is 0 Å². The zero-order valence-corrected chi connectivity index (χ0v) is 7.36. The highest BCUT2D eigenvalue weighted by molar-refractivity contribution is 8.04. The zero-order chi connectivity index (χ0) is 6.24. The van der Waals surface area contributed by atoms with Crippen LogP contribution in [0.1, 0.15) is 0 Å². The fourth-order valence-corrected chi connectivity index (χ4v) is 1.28. The van der Waals surface area contributed by atoms with Crippen molar-refractivity contribution in [2.75, 3.05) is 11.5 Å². The number of rotatable bonds is 5. The third-order valence-corrected chi connectivity index (χ3v) is 2.20. The van der Waals surface area contributed by atoms with Crippen molar-refractivity contribution in [3.05, 3.63) is 0 Å². The molecule has 0 aliphatic heterocycles. The maximum atomic E-state index is 4.41. The SMILES string of the molecule is SOSCCSOS. The summed E-state index contributed by atoms with van der Waals surface area (Å²) in [5.41, 5.74) is 0. The monoisotopic (exact) mass is 190 g/mol. The molecule has 0 bridgehead atoms. The highest BCUT2D eigenvalue weighted by Crippen LogP contribution is 2.10. The number of thiol groups is 2. The van der Waals surface area contributed by atoms with E-state index in [1.54, 1.807) is 0 Å². The lowest BCUT2D eigenvalue weighted by Gasteiger charge is -1.92. The van der Waals surface area contributed by atoms with Crippen LogP contribution in [0.15, 0.2) is 0 Å². The summed E-state index contributed by atoms with van der Waals surface area (Å²) in [4.78, 5) is 0. The molecule has 0 atom stereocenters. The van der Waals surface area contributed by atoms with Crippen molar-refractivity contribution in [3.63, 3.8) is 0 Å². The van der Waals surface area contributed by atoms with Gasteiger partial charge in [0.05, 0.1) is 0 Å². The van der Waals surface area contributed by atoms with Crippen LogP contribution in [0.2, 0.25) is 0 Å². The van der Waals surface area contributed by atoms with E-state index in [9.17, 15) is 0 Å². The lowest BCUT2D eigenvalue weighted by Crippen LogP contribution is -1.80. The topological polar surface area (TPSA) is 18.5 Å². The number of hydrogen-bond acceptors (Lipinski definition) is 6. The molecule has 50 valence electrons. The summed E-state index contributed by atoms with van der Waals surface area (Å²) in [7, 11) is 0. The normalized spacial score (nSPS) is 9.75. The first kappa shape index (κ1) is 9.32. The van der Waals surface area contributed by atoms with Crippen molar-refractivity contribution in [1.29, 1.82) is 0 Å². The third kappa shape index (κ3) is 7.32. The van der Waals surface area contributed by atoms with Gasteiger partial charge in [-0.15, -0.1) is 0 Å². The minimum atomic E-state index is 0.856. The summed E-state index contributed by atoms with van der Waals surface area (Å²) >= 11 is 9.59. The fraction of sp³-hybridized carbons (Fsp3) is 1.00. The Hall–Kier alpha value is 1.32. The van der Waals surface area contributed by atoms with Crippen LogP contribution in [-0.4, -0.2) is 11.5 Å². The van der Waals surface area contributed by atoms with Gasteiger partial charge in [-0.05, 0) is 25.8 Å². The summed E-state index contributed by atoms with van der Waals surface area (Å²) in [6.07, 6.45) is 0. The molecule has 0 heterocycles. The Balaban J connectivity index is 2.53. The maximum Gasteiger partial charge on any atom is 0.0324 e. The minimum absolute atomic E-state index is 0.856. The summed E-state index contributed by atoms with van der Waals surface area (Å²) in [6.45, 7) is 0. The molecule has 8 heavy (non-hydrogen) atoms. The largest absolute Gasteiger partial charge is 0.250 e. The first-order chi connectivity index (χ1) is 3.91. The van der Waals surface area contributed by atoms with Crippen molar-refractivity contribution < 1.29 is 7.26 Å². The second kappa shape index (κ2) is 8.32. The molecule has 0 N–H and O–H groups in total. The van der Waals surface area contributed by atoms with Crippen LogP contribution in [0.5, 0.6) is 0 Å². The zero-order valence-electron chi connectivity index (χ0n) is 3.94. The van der Waals surface area contributed by atoms with Crippen molar-refractivity contribution in [1.82, 2.24) is 0 Å². The molecule has 0 rings (SSSR count). The minimum Gasteiger partial charge on any atom is -0.250 e. The molecule has 6 heteroatoms. The van der Waals surface area contributed by atoms with Crippen molar-refractivity contribution in [2.24, 2.45) is 0 Å². The molecule has 0 saturated carbocycles. The van der Waals surface area contributed by atoms with E-state index >= 15 is 0 Å². The molecule has 0 aliphatic rings. The van der Waals surface area contributed by atoms with Gasteiger partial charge >= 0.3 is 0 Å². The fourth-order valence-electron chi connectivity index (χ4n) is 0.143. The first-order valence-corrected chi connectivity index (χ1v) is 4.33. The molecule has 0 radical (unpaired) electrons. The predicted octanol–water partition coefficient (Wildman–Crippen LogP) is 2.01. The molecule has 0 aromatic carbocycles. The molecule has 0 fully saturated rings. The number of hydrogen-bond donors (Lipinski definition) is 2. The lowest BCUT2D eigenvalue weighted by atomic mass is 11.0. The average Bonchev–Trinajstić information content (AvgIpc) is 1.81. The highest BCUT2D eigenvalue weighted by atomic mass is 32.2. The van der Waals surface area contributed by atoms with Gasteiger partial charge in [-0.1, -0.05) is 0 Å². The van der Waals surface area contributed by atoms with Gasteiger partial charge in [-0.2, -0.15) is 0 Å². The van der Waals surface area contributed by atoms with Gasteiger partial charge in [0.15, 0.2) is 0 Å². The molecule has 0 saturated heterocycles. The molecule has 0 unspecified atom stereocenters. The molecular weight excluding hydrogens is 184 g/mol. The van der Waals surface area contributed by atoms with Gasteiger partial charge in [0.2, 0.25) is 0 Å². The molecular formula is C2H6O2S4. The van der Waals surface area contributed by atoms with Crippen LogP contribution in [0.3, 0.4) is 0 Å². The van der Waals surface area contributed by atoms with Gasteiger partial charge in [0, 0.05) is 35.6 Å². The van der Waals surface area contributed by atoms with E-state index in [2.05, 4.69) is 33.1 Å². The molecule has 2 nitrogen and oxygen atoms in total. The van der Waals surface area contributed by atoms with E-state index in [0.29, 0.717) is 0 Å². The van der Waals surface area contributed by atoms with E-state index in [0.717, 1.165) is 11.5 Å². The standard InChI is InChI=1S/C2H6O2S4/c5-3-7-1-2-8-4-6/h5-6H,1-2H2. The summed E-state index contributed by atoms with van der Waals surface area (Å²) < 4.78 is 8.81. The van der Waals surface area contributed by atoms with Crippen molar-refractivity contribution >= 4 is 49.9 Å². The average molecular weight is 190 g/mol. The Morgan fingerprint density at radius 1 is 1.00 bits per heavy atom. The highest BCUT2D eigenvalue weighted by Gasteiger charge is 1.86. The van der Waals surface area contributed by atoms with Gasteiger partial charge in [0.1, 0.15) is 0 Å². The molecule has 0 amide bonds. The van der Waals surface area contributed by atoms with E-state index in [1.165, 1.54) is 24.1 Å². The van der Waals surface area contributed by atoms with Crippen LogP contribution in [0, 0.1) is 0 Å². The van der Waals surface area contributed by atoms with Gasteiger partial charge in [-0.25, -0.2) is 0 Å². The van der Waals surface area contributed by atoms with Crippen molar-refractivity contribution in [3.8, 4) is 0 Å². The second-order valence-electron chi connectivity index (χ2n) is 0.793. The van der Waals surface area contributed by atoms with Gasteiger partial charge in [0.25, 0.3) is 0 Å². The van der Waals surface area contributed by atoms with E-state index < -0.39 is 0 Å². The van der Waals surface area contributed by atoms with Crippen molar-refractivity contribution in [2.45, 2.75) is 0 Å². The summed E-state index contributed by atoms with van der Waals surface area (Å²) in [6, 6.07) is 0. The van der Waals surface area contributed by atoms with E-state index in [-0.39, 0.29) is 0 Å². The molecule has 0 spiro atoms. The molecule has 0 aromatic heterocycles. The third-order valence-electron chi connectivity index (χ3n) is 0.355. The Kier molecular flexibility index (Phi) is 9.69. The summed E-state index contributed by atoms with van der Waals surface area (Å²) in [5, 5.41) is 0. The molecule has 0 aromatic rings. The van der Waals surface area contributed by atoms with E-state index in [1.807, 2.05) is 0 Å². The van der Waals surface area contributed by atoms with Crippen LogP contribution in [0.25, 0.3) is 0 Å². The Labute approximate surface area is 68.7 Å². The smallest absolute Gasteiger partial charge is 0.0324 e. The van der Waals surface area contributed by atoms with Crippen LogP contribution >= 0.6 is 49.9 Å². The quantitative estimate of drug-likeness (QED) is 0.392.